The van der Waals surface area contributed by atoms with E-state index in [1.54, 1.807) is 15.9 Å². The number of para-hydroxylation sites is 1. The van der Waals surface area contributed by atoms with Crippen LogP contribution in [0, 0.1) is 4.77 Å². The van der Waals surface area contributed by atoms with Crippen LogP contribution in [0.3, 0.4) is 0 Å². The first-order chi connectivity index (χ1) is 14.1. The Kier molecular flexibility index (Phi) is 6.49. The summed E-state index contributed by atoms with van der Waals surface area (Å²) < 4.78 is 2.22. The summed E-state index contributed by atoms with van der Waals surface area (Å²) in [6, 6.07) is 11.5. The summed E-state index contributed by atoms with van der Waals surface area (Å²) in [5, 5.41) is 12.3. The van der Waals surface area contributed by atoms with Gasteiger partial charge in [0.1, 0.15) is 6.04 Å². The molecule has 9 heteroatoms. The van der Waals surface area contributed by atoms with Gasteiger partial charge in [-0.3, -0.25) is 19.4 Å². The molecular weight excluding hydrogens is 422 g/mol. The average molecular weight is 446 g/mol. The normalized spacial score (nSPS) is 15.9. The largest absolute Gasteiger partial charge is 0.324 e. The monoisotopic (exact) mass is 445 g/mol. The molecule has 2 N–H and O–H groups in total. The topological polar surface area (TPSA) is 66.0 Å². The van der Waals surface area contributed by atoms with E-state index in [0.717, 1.165) is 47.3 Å². The molecule has 4 rings (SSSR count). The van der Waals surface area contributed by atoms with E-state index < -0.39 is 6.04 Å². The number of nitrogens with one attached hydrogen (secondary N) is 2. The minimum atomic E-state index is -0.488. The highest BCUT2D eigenvalue weighted by Crippen LogP contribution is 2.27. The summed E-state index contributed by atoms with van der Waals surface area (Å²) in [5.74, 6) is 2.90. The van der Waals surface area contributed by atoms with Gasteiger partial charge in [0.05, 0.1) is 4.88 Å². The molecule has 1 atom stereocenters. The molecule has 6 nitrogen and oxygen atoms in total. The van der Waals surface area contributed by atoms with Crippen molar-refractivity contribution in [3.63, 3.8) is 0 Å². The summed E-state index contributed by atoms with van der Waals surface area (Å²) in [7, 11) is 0. The number of aromatic nitrogens is 3. The number of thiophene rings is 1. The molecule has 1 unspecified atom stereocenters. The minimum Gasteiger partial charge on any atom is -0.324 e. The summed E-state index contributed by atoms with van der Waals surface area (Å²) in [4.78, 5) is 16.5. The number of aromatic amines is 1. The summed E-state index contributed by atoms with van der Waals surface area (Å²) >= 11 is 8.97. The molecule has 152 valence electrons. The van der Waals surface area contributed by atoms with Crippen molar-refractivity contribution in [1.82, 2.24) is 19.7 Å². The highest BCUT2D eigenvalue weighted by molar-refractivity contribution is 7.99. The van der Waals surface area contributed by atoms with Crippen molar-refractivity contribution in [2.45, 2.75) is 19.5 Å². The molecular formula is C20H23N5OS3. The first-order valence-electron chi connectivity index (χ1n) is 9.53. The smallest absolute Gasteiger partial charge is 0.247 e. The van der Waals surface area contributed by atoms with Crippen LogP contribution in [0.15, 0.2) is 41.8 Å². The van der Waals surface area contributed by atoms with Gasteiger partial charge in [0.25, 0.3) is 0 Å². The van der Waals surface area contributed by atoms with Crippen LogP contribution in [0.2, 0.25) is 0 Å². The summed E-state index contributed by atoms with van der Waals surface area (Å²) in [6.07, 6.45) is 0. The van der Waals surface area contributed by atoms with Crippen molar-refractivity contribution in [1.29, 1.82) is 0 Å². The van der Waals surface area contributed by atoms with Crippen molar-refractivity contribution < 1.29 is 4.79 Å². The number of benzene rings is 1. The highest BCUT2D eigenvalue weighted by Gasteiger charge is 2.22. The molecule has 0 spiro atoms. The number of thioether (sulfide) groups is 1. The molecule has 1 amide bonds. The fourth-order valence-electron chi connectivity index (χ4n) is 3.38. The number of carbonyl (C=O) groups is 1. The van der Waals surface area contributed by atoms with Gasteiger partial charge in [-0.2, -0.15) is 16.9 Å². The van der Waals surface area contributed by atoms with Crippen molar-refractivity contribution in [2.24, 2.45) is 0 Å². The number of anilines is 1. The number of hydrogen-bond donors (Lipinski definition) is 2. The van der Waals surface area contributed by atoms with Gasteiger partial charge < -0.3 is 5.32 Å². The Morgan fingerprint density at radius 3 is 2.83 bits per heavy atom. The van der Waals surface area contributed by atoms with Gasteiger partial charge in [-0.1, -0.05) is 24.3 Å². The maximum atomic E-state index is 13.1. The van der Waals surface area contributed by atoms with Crippen LogP contribution in [-0.2, 0) is 11.3 Å². The highest BCUT2D eigenvalue weighted by atomic mass is 32.2. The molecule has 0 radical (unpaired) electrons. The standard InChI is InChI=1S/C20H23N5OS3/c1-14(25-18(22-23-20(25)27)17-7-4-10-29-17)19(26)21-16-6-3-2-5-15(16)13-24-8-11-28-12-9-24/h2-7,10,14H,8-9,11-13H2,1H3,(H,21,26)(H,23,27). The molecule has 0 bridgehead atoms. The van der Waals surface area contributed by atoms with E-state index in [9.17, 15) is 4.79 Å². The Balaban J connectivity index is 1.53. The van der Waals surface area contributed by atoms with E-state index >= 15 is 0 Å². The molecule has 2 aromatic heterocycles. The molecule has 1 saturated heterocycles. The number of rotatable bonds is 6. The van der Waals surface area contributed by atoms with Gasteiger partial charge in [0.15, 0.2) is 10.6 Å². The van der Waals surface area contributed by atoms with Gasteiger partial charge in [-0.25, -0.2) is 0 Å². The van der Waals surface area contributed by atoms with E-state index in [1.165, 1.54) is 0 Å². The maximum Gasteiger partial charge on any atom is 0.247 e. The van der Waals surface area contributed by atoms with Gasteiger partial charge in [0, 0.05) is 36.8 Å². The lowest BCUT2D eigenvalue weighted by Gasteiger charge is -2.27. The van der Waals surface area contributed by atoms with Gasteiger partial charge >= 0.3 is 0 Å². The quantitative estimate of drug-likeness (QED) is 0.550. The first kappa shape index (κ1) is 20.3. The van der Waals surface area contributed by atoms with E-state index in [1.807, 2.05) is 54.4 Å². The van der Waals surface area contributed by atoms with Crippen molar-refractivity contribution in [3.05, 3.63) is 52.1 Å². The second kappa shape index (κ2) is 9.25. The van der Waals surface area contributed by atoms with Crippen LogP contribution in [0.25, 0.3) is 10.7 Å². The van der Waals surface area contributed by atoms with Crippen molar-refractivity contribution >= 4 is 46.9 Å². The Labute approximate surface area is 183 Å². The third-order valence-electron chi connectivity index (χ3n) is 4.99. The van der Waals surface area contributed by atoms with Crippen LogP contribution in [0.1, 0.15) is 18.5 Å². The predicted molar refractivity (Wildman–Crippen MR) is 123 cm³/mol. The van der Waals surface area contributed by atoms with Crippen LogP contribution in [0.5, 0.6) is 0 Å². The third-order valence-corrected chi connectivity index (χ3v) is 7.08. The fourth-order valence-corrected chi connectivity index (χ4v) is 5.36. The molecule has 3 heterocycles. The van der Waals surface area contributed by atoms with Crippen LogP contribution in [0.4, 0.5) is 5.69 Å². The molecule has 3 aromatic rings. The number of hydrogen-bond acceptors (Lipinski definition) is 6. The zero-order valence-electron chi connectivity index (χ0n) is 16.1. The average Bonchev–Trinajstić information content (AvgIpc) is 3.39. The lowest BCUT2D eigenvalue weighted by molar-refractivity contribution is -0.118. The minimum absolute atomic E-state index is 0.109. The molecule has 29 heavy (non-hydrogen) atoms. The lowest BCUT2D eigenvalue weighted by Crippen LogP contribution is -2.32. The fraction of sp³-hybridized carbons (Fsp3) is 0.350. The second-order valence-electron chi connectivity index (χ2n) is 6.91. The van der Waals surface area contributed by atoms with Crippen LogP contribution < -0.4 is 5.32 Å². The SMILES string of the molecule is CC(C(=O)Nc1ccccc1CN1CCSCC1)n1c(-c2cccs2)n[nH]c1=S. The van der Waals surface area contributed by atoms with E-state index in [0.29, 0.717) is 10.6 Å². The number of nitrogens with zero attached hydrogens (tertiary/aromatic N) is 3. The molecule has 0 saturated carbocycles. The zero-order chi connectivity index (χ0) is 20.2. The predicted octanol–water partition coefficient (Wildman–Crippen LogP) is 4.42. The molecule has 1 aliphatic heterocycles. The second-order valence-corrected chi connectivity index (χ2v) is 9.47. The Morgan fingerprint density at radius 1 is 1.28 bits per heavy atom. The van der Waals surface area contributed by atoms with Gasteiger partial charge in [0.2, 0.25) is 5.91 Å². The Morgan fingerprint density at radius 2 is 2.07 bits per heavy atom. The number of H-pyrrole nitrogens is 1. The van der Waals surface area contributed by atoms with Crippen molar-refractivity contribution in [3.8, 4) is 10.7 Å². The summed E-state index contributed by atoms with van der Waals surface area (Å²) in [5.41, 5.74) is 1.99. The number of carbonyl (C=O) groups excluding carboxylic acids is 1. The first-order valence-corrected chi connectivity index (χ1v) is 12.0. The molecule has 1 aromatic carbocycles. The maximum absolute atomic E-state index is 13.1. The van der Waals surface area contributed by atoms with E-state index in [2.05, 4.69) is 26.5 Å². The Hall–Kier alpha value is -1.94. The van der Waals surface area contributed by atoms with E-state index in [4.69, 9.17) is 12.2 Å². The molecule has 1 aliphatic rings. The number of amides is 1. The summed E-state index contributed by atoms with van der Waals surface area (Å²) in [6.45, 7) is 4.86. The Bertz CT molecular complexity index is 1020. The van der Waals surface area contributed by atoms with Gasteiger partial charge in [-0.05, 0) is 42.2 Å². The zero-order valence-corrected chi connectivity index (χ0v) is 18.6. The van der Waals surface area contributed by atoms with Crippen LogP contribution >= 0.6 is 35.3 Å². The van der Waals surface area contributed by atoms with Gasteiger partial charge in [-0.15, -0.1) is 11.3 Å². The van der Waals surface area contributed by atoms with E-state index in [-0.39, 0.29) is 5.91 Å². The molecule has 0 aliphatic carbocycles. The third kappa shape index (κ3) is 4.63. The molecule has 1 fully saturated rings. The van der Waals surface area contributed by atoms with Crippen molar-refractivity contribution in [2.75, 3.05) is 29.9 Å². The lowest BCUT2D eigenvalue weighted by atomic mass is 10.1. The van der Waals surface area contributed by atoms with Crippen LogP contribution in [-0.4, -0.2) is 50.2 Å².